The Bertz CT molecular complexity index is 1100. The second-order valence-electron chi connectivity index (χ2n) is 8.42. The van der Waals surface area contributed by atoms with E-state index in [1.807, 2.05) is 6.92 Å². The molecule has 0 saturated carbocycles. The quantitative estimate of drug-likeness (QED) is 0.463. The van der Waals surface area contributed by atoms with E-state index >= 15 is 0 Å². The van der Waals surface area contributed by atoms with Crippen LogP contribution in [0.4, 0.5) is 10.5 Å². The molecule has 11 heteroatoms. The molecule has 1 amide bonds. The fraction of sp³-hybridized carbons (Fsp3) is 0.524. The molecule has 2 aromatic rings. The number of benzene rings is 1. The standard InChI is InChI=1S/C21H30N4O6S/c1-7-17-19(32(29,30)16-11-9-10-15(12-16)25(27)28)18(8-2)24(23-17)13-14(3)22-20(26)31-21(4,5)6/h9-12,14H,7-8,13H2,1-6H3,(H,22,26)/t14-/m0/s1. The third kappa shape index (κ3) is 5.84. The van der Waals surface area contributed by atoms with Crippen molar-refractivity contribution in [1.82, 2.24) is 15.1 Å². The molecule has 1 heterocycles. The van der Waals surface area contributed by atoms with Crippen LogP contribution in [-0.2, 0) is 34.0 Å². The molecule has 176 valence electrons. The Morgan fingerprint density at radius 3 is 2.47 bits per heavy atom. The lowest BCUT2D eigenvalue weighted by molar-refractivity contribution is -0.385. The molecule has 0 fully saturated rings. The summed E-state index contributed by atoms with van der Waals surface area (Å²) in [7, 11) is -4.04. The lowest BCUT2D eigenvalue weighted by atomic mass is 10.2. The number of rotatable bonds is 8. The number of non-ortho nitro benzene ring substituents is 1. The zero-order valence-corrected chi connectivity index (χ0v) is 20.0. The first-order chi connectivity index (χ1) is 14.8. The van der Waals surface area contributed by atoms with Gasteiger partial charge < -0.3 is 10.1 Å². The molecule has 2 rings (SSSR count). The van der Waals surface area contributed by atoms with Crippen LogP contribution >= 0.6 is 0 Å². The van der Waals surface area contributed by atoms with Gasteiger partial charge in [-0.1, -0.05) is 19.9 Å². The van der Waals surface area contributed by atoms with E-state index in [9.17, 15) is 23.3 Å². The van der Waals surface area contributed by atoms with E-state index in [2.05, 4.69) is 10.4 Å². The molecule has 0 unspecified atom stereocenters. The zero-order chi connectivity index (χ0) is 24.3. The first-order valence-corrected chi connectivity index (χ1v) is 11.9. The Hall–Kier alpha value is -2.95. The van der Waals surface area contributed by atoms with Crippen LogP contribution in [-0.4, -0.2) is 40.9 Å². The maximum atomic E-state index is 13.4. The number of amides is 1. The normalized spacial score (nSPS) is 12.9. The first-order valence-electron chi connectivity index (χ1n) is 10.4. The molecular weight excluding hydrogens is 436 g/mol. The fourth-order valence-corrected chi connectivity index (χ4v) is 5.09. The summed E-state index contributed by atoms with van der Waals surface area (Å²) >= 11 is 0. The topological polar surface area (TPSA) is 133 Å². The lowest BCUT2D eigenvalue weighted by Gasteiger charge is -2.22. The Balaban J connectivity index is 2.43. The number of ether oxygens (including phenoxy) is 1. The van der Waals surface area contributed by atoms with Gasteiger partial charge in [0, 0.05) is 18.2 Å². The third-order valence-corrected chi connectivity index (χ3v) is 6.45. The minimum absolute atomic E-state index is 0.0625. The van der Waals surface area contributed by atoms with E-state index in [0.29, 0.717) is 24.2 Å². The van der Waals surface area contributed by atoms with Crippen LogP contribution in [0.1, 0.15) is 52.9 Å². The van der Waals surface area contributed by atoms with Gasteiger partial charge in [0.15, 0.2) is 0 Å². The lowest BCUT2D eigenvalue weighted by Crippen LogP contribution is -2.40. The largest absolute Gasteiger partial charge is 0.444 e. The summed E-state index contributed by atoms with van der Waals surface area (Å²) in [5, 5.41) is 18.3. The average Bonchev–Trinajstić information content (AvgIpc) is 3.04. The summed E-state index contributed by atoms with van der Waals surface area (Å²) in [6, 6.07) is 4.60. The third-order valence-electron chi connectivity index (χ3n) is 4.56. The summed E-state index contributed by atoms with van der Waals surface area (Å²) in [5.74, 6) is 0. The number of nitrogens with zero attached hydrogens (tertiary/aromatic N) is 3. The van der Waals surface area contributed by atoms with Crippen LogP contribution in [0.15, 0.2) is 34.1 Å². The van der Waals surface area contributed by atoms with Crippen molar-refractivity contribution < 1.29 is 22.9 Å². The Morgan fingerprint density at radius 1 is 1.28 bits per heavy atom. The number of nitrogens with one attached hydrogen (secondary N) is 1. The predicted molar refractivity (Wildman–Crippen MR) is 118 cm³/mol. The molecule has 0 aliphatic carbocycles. The highest BCUT2D eigenvalue weighted by Crippen LogP contribution is 2.30. The van der Waals surface area contributed by atoms with Crippen molar-refractivity contribution in [2.75, 3.05) is 0 Å². The Labute approximate surface area is 188 Å². The Morgan fingerprint density at radius 2 is 1.94 bits per heavy atom. The molecule has 0 bridgehead atoms. The monoisotopic (exact) mass is 466 g/mol. The van der Waals surface area contributed by atoms with Gasteiger partial charge in [0.2, 0.25) is 9.84 Å². The number of nitro benzene ring substituents is 1. The van der Waals surface area contributed by atoms with Crippen molar-refractivity contribution in [2.45, 2.75) is 82.4 Å². The number of hydrogen-bond donors (Lipinski definition) is 1. The number of alkyl carbamates (subject to hydrolysis) is 1. The average molecular weight is 467 g/mol. The molecule has 0 aliphatic rings. The number of aryl methyl sites for hydroxylation is 1. The van der Waals surface area contributed by atoms with Crippen molar-refractivity contribution >= 4 is 21.6 Å². The highest BCUT2D eigenvalue weighted by atomic mass is 32.2. The molecule has 0 spiro atoms. The van der Waals surface area contributed by atoms with Crippen LogP contribution in [0, 0.1) is 10.1 Å². The molecule has 1 N–H and O–H groups in total. The molecule has 32 heavy (non-hydrogen) atoms. The maximum Gasteiger partial charge on any atom is 0.407 e. The molecule has 10 nitrogen and oxygen atoms in total. The number of nitro groups is 1. The van der Waals surface area contributed by atoms with Crippen molar-refractivity contribution in [3.63, 3.8) is 0 Å². The summed E-state index contributed by atoms with van der Waals surface area (Å²) in [5.41, 5.74) is -0.0901. The predicted octanol–water partition coefficient (Wildman–Crippen LogP) is 3.66. The van der Waals surface area contributed by atoms with Gasteiger partial charge in [-0.15, -0.1) is 0 Å². The van der Waals surface area contributed by atoms with Gasteiger partial charge in [-0.3, -0.25) is 14.8 Å². The van der Waals surface area contributed by atoms with Crippen LogP contribution in [0.25, 0.3) is 0 Å². The number of carbonyl (C=O) groups excluding carboxylic acids is 1. The fourth-order valence-electron chi connectivity index (χ4n) is 3.27. The summed E-state index contributed by atoms with van der Waals surface area (Å²) in [4.78, 5) is 22.4. The minimum Gasteiger partial charge on any atom is -0.444 e. The molecule has 1 aromatic carbocycles. The van der Waals surface area contributed by atoms with Gasteiger partial charge in [-0.05, 0) is 46.6 Å². The van der Waals surface area contributed by atoms with Gasteiger partial charge in [0.05, 0.1) is 27.8 Å². The number of hydrogen-bond acceptors (Lipinski definition) is 7. The van der Waals surface area contributed by atoms with Crippen LogP contribution < -0.4 is 5.32 Å². The Kier molecular flexibility index (Phi) is 7.66. The van der Waals surface area contributed by atoms with E-state index in [4.69, 9.17) is 4.74 Å². The number of aromatic nitrogens is 2. The zero-order valence-electron chi connectivity index (χ0n) is 19.2. The van der Waals surface area contributed by atoms with E-state index in [0.717, 1.165) is 6.07 Å². The second kappa shape index (κ2) is 9.68. The van der Waals surface area contributed by atoms with Crippen LogP contribution in [0.2, 0.25) is 0 Å². The minimum atomic E-state index is -4.04. The molecule has 0 aliphatic heterocycles. The highest BCUT2D eigenvalue weighted by Gasteiger charge is 2.30. The van der Waals surface area contributed by atoms with Gasteiger partial charge in [0.1, 0.15) is 10.5 Å². The summed E-state index contributed by atoms with van der Waals surface area (Å²) in [6.45, 7) is 10.9. The molecule has 1 atom stereocenters. The van der Waals surface area contributed by atoms with Crippen molar-refractivity contribution in [3.05, 3.63) is 45.8 Å². The van der Waals surface area contributed by atoms with Crippen molar-refractivity contribution in [1.29, 1.82) is 0 Å². The van der Waals surface area contributed by atoms with Crippen LogP contribution in [0.5, 0.6) is 0 Å². The second-order valence-corrected chi connectivity index (χ2v) is 10.3. The first kappa shape index (κ1) is 25.3. The van der Waals surface area contributed by atoms with Crippen LogP contribution in [0.3, 0.4) is 0 Å². The van der Waals surface area contributed by atoms with E-state index in [1.165, 1.54) is 18.2 Å². The summed E-state index contributed by atoms with van der Waals surface area (Å²) < 4.78 is 33.7. The van der Waals surface area contributed by atoms with E-state index in [-0.39, 0.29) is 28.1 Å². The van der Waals surface area contributed by atoms with Gasteiger partial charge in [-0.25, -0.2) is 13.2 Å². The maximum absolute atomic E-state index is 13.4. The molecular formula is C21H30N4O6S. The number of carbonyl (C=O) groups is 1. The number of sulfone groups is 1. The smallest absolute Gasteiger partial charge is 0.407 e. The summed E-state index contributed by atoms with van der Waals surface area (Å²) in [6.07, 6.45) is 0.155. The van der Waals surface area contributed by atoms with Gasteiger partial charge >= 0.3 is 6.09 Å². The van der Waals surface area contributed by atoms with E-state index < -0.39 is 26.5 Å². The van der Waals surface area contributed by atoms with Gasteiger partial charge in [0.25, 0.3) is 5.69 Å². The van der Waals surface area contributed by atoms with Crippen molar-refractivity contribution in [2.24, 2.45) is 0 Å². The SMILES string of the molecule is CCc1nn(C[C@H](C)NC(=O)OC(C)(C)C)c(CC)c1S(=O)(=O)c1cccc([N+](=O)[O-])c1. The molecule has 1 aromatic heterocycles. The van der Waals surface area contributed by atoms with E-state index in [1.54, 1.807) is 39.3 Å². The highest BCUT2D eigenvalue weighted by molar-refractivity contribution is 7.91. The molecule has 0 radical (unpaired) electrons. The van der Waals surface area contributed by atoms with Gasteiger partial charge in [-0.2, -0.15) is 5.10 Å². The molecule has 0 saturated heterocycles. The van der Waals surface area contributed by atoms with Crippen molar-refractivity contribution in [3.8, 4) is 0 Å².